The van der Waals surface area contributed by atoms with Gasteiger partial charge in [-0.25, -0.2) is 9.59 Å². The van der Waals surface area contributed by atoms with Gasteiger partial charge in [0.1, 0.15) is 5.70 Å². The van der Waals surface area contributed by atoms with Gasteiger partial charge in [0.2, 0.25) is 0 Å². The van der Waals surface area contributed by atoms with Crippen LogP contribution in [0.2, 0.25) is 0 Å². The summed E-state index contributed by atoms with van der Waals surface area (Å²) in [5.41, 5.74) is 2.06. The maximum absolute atomic E-state index is 12.3. The number of para-hydroxylation sites is 1. The zero-order chi connectivity index (χ0) is 17.1. The molecule has 0 amide bonds. The summed E-state index contributed by atoms with van der Waals surface area (Å²) in [6.45, 7) is 1.79. The van der Waals surface area contributed by atoms with Crippen molar-refractivity contribution < 1.29 is 19.1 Å². The third kappa shape index (κ3) is 3.26. The first-order valence-corrected chi connectivity index (χ1v) is 7.63. The van der Waals surface area contributed by atoms with Crippen molar-refractivity contribution in [3.8, 4) is 0 Å². The van der Waals surface area contributed by atoms with Gasteiger partial charge in [0.25, 0.3) is 6.29 Å². The number of carbonyl (C=O) groups excluding carboxylic acids is 2. The first kappa shape index (κ1) is 16.1. The van der Waals surface area contributed by atoms with Crippen molar-refractivity contribution >= 4 is 29.2 Å². The van der Waals surface area contributed by atoms with E-state index in [1.54, 1.807) is 37.3 Å². The number of ether oxygens (including phenoxy) is 2. The van der Waals surface area contributed by atoms with Gasteiger partial charge in [-0.1, -0.05) is 48.0 Å². The minimum atomic E-state index is -1.21. The smallest absolute Gasteiger partial charge is 0.355 e. The van der Waals surface area contributed by atoms with Crippen molar-refractivity contribution in [3.63, 3.8) is 0 Å². The average molecular weight is 344 g/mol. The van der Waals surface area contributed by atoms with Gasteiger partial charge in [-0.2, -0.15) is 0 Å². The Morgan fingerprint density at radius 3 is 2.50 bits per heavy atom. The number of benzene rings is 2. The molecule has 2 aromatic carbocycles. The maximum Gasteiger partial charge on any atom is 0.355 e. The molecule has 122 valence electrons. The van der Waals surface area contributed by atoms with Crippen molar-refractivity contribution in [3.05, 3.63) is 76.5 Å². The molecule has 6 heteroatoms. The van der Waals surface area contributed by atoms with Crippen LogP contribution in [0, 0.1) is 6.92 Å². The highest BCUT2D eigenvalue weighted by Gasteiger charge is 2.36. The Morgan fingerprint density at radius 2 is 1.79 bits per heavy atom. The number of aryl methyl sites for hydroxylation is 1. The van der Waals surface area contributed by atoms with E-state index in [-0.39, 0.29) is 10.7 Å². The Kier molecular flexibility index (Phi) is 4.53. The molecule has 0 bridgehead atoms. The number of esters is 2. The fourth-order valence-electron chi connectivity index (χ4n) is 2.26. The number of rotatable bonds is 4. The minimum absolute atomic E-state index is 0.138. The largest absolute Gasteiger partial charge is 0.415 e. The number of hydrogen-bond acceptors (Lipinski definition) is 5. The van der Waals surface area contributed by atoms with Crippen LogP contribution in [0.3, 0.4) is 0 Å². The standard InChI is InChI=1S/C18H14ClNO4/c1-11-7-5-6-10-13(11)16(21)23-18-15(14(19)17(22)24-18)20-12-8-3-2-4-9-12/h2-10,18,20H,1H3/t18-/m0/s1. The van der Waals surface area contributed by atoms with Gasteiger partial charge in [0.15, 0.2) is 5.03 Å². The molecule has 1 heterocycles. The third-order valence-corrected chi connectivity index (χ3v) is 3.86. The number of carbonyl (C=O) groups is 2. The Balaban J connectivity index is 1.81. The molecule has 0 saturated carbocycles. The van der Waals surface area contributed by atoms with Crippen LogP contribution >= 0.6 is 11.6 Å². The molecule has 0 radical (unpaired) electrons. The molecule has 0 unspecified atom stereocenters. The molecule has 0 spiro atoms. The molecule has 5 nitrogen and oxygen atoms in total. The monoisotopic (exact) mass is 343 g/mol. The average Bonchev–Trinajstić information content (AvgIpc) is 2.84. The van der Waals surface area contributed by atoms with Gasteiger partial charge in [-0.3, -0.25) is 0 Å². The van der Waals surface area contributed by atoms with E-state index >= 15 is 0 Å². The van der Waals surface area contributed by atoms with Crippen molar-refractivity contribution in [2.75, 3.05) is 5.32 Å². The van der Waals surface area contributed by atoms with Crippen LogP contribution < -0.4 is 5.32 Å². The lowest BCUT2D eigenvalue weighted by atomic mass is 10.1. The van der Waals surface area contributed by atoms with E-state index in [1.165, 1.54) is 0 Å². The topological polar surface area (TPSA) is 64.6 Å². The van der Waals surface area contributed by atoms with Crippen LogP contribution in [0.15, 0.2) is 65.3 Å². The Labute approximate surface area is 143 Å². The van der Waals surface area contributed by atoms with Crippen molar-refractivity contribution in [1.82, 2.24) is 0 Å². The zero-order valence-electron chi connectivity index (χ0n) is 12.8. The molecule has 1 N–H and O–H groups in total. The van der Waals surface area contributed by atoms with E-state index in [1.807, 2.05) is 24.3 Å². The highest BCUT2D eigenvalue weighted by molar-refractivity contribution is 6.42. The van der Waals surface area contributed by atoms with Crippen molar-refractivity contribution in [2.45, 2.75) is 13.2 Å². The predicted octanol–water partition coefficient (Wildman–Crippen LogP) is 3.60. The van der Waals surface area contributed by atoms with Crippen LogP contribution in [0.5, 0.6) is 0 Å². The summed E-state index contributed by atoms with van der Waals surface area (Å²) in [6, 6.07) is 16.1. The number of cyclic esters (lactones) is 1. The van der Waals surface area contributed by atoms with E-state index in [0.717, 1.165) is 5.56 Å². The van der Waals surface area contributed by atoms with E-state index in [2.05, 4.69) is 5.32 Å². The van der Waals surface area contributed by atoms with Gasteiger partial charge in [0.05, 0.1) is 5.56 Å². The molecule has 2 aromatic rings. The molecule has 1 aliphatic rings. The normalized spacial score (nSPS) is 16.8. The number of hydrogen-bond donors (Lipinski definition) is 1. The van der Waals surface area contributed by atoms with E-state index in [0.29, 0.717) is 11.3 Å². The molecule has 24 heavy (non-hydrogen) atoms. The highest BCUT2D eigenvalue weighted by Crippen LogP contribution is 2.28. The van der Waals surface area contributed by atoms with Crippen LogP contribution in [0.1, 0.15) is 15.9 Å². The summed E-state index contributed by atoms with van der Waals surface area (Å²) >= 11 is 5.99. The quantitative estimate of drug-likeness (QED) is 0.859. The zero-order valence-corrected chi connectivity index (χ0v) is 13.5. The lowest BCUT2D eigenvalue weighted by Crippen LogP contribution is -2.24. The second-order valence-electron chi connectivity index (χ2n) is 5.18. The fraction of sp³-hybridized carbons (Fsp3) is 0.111. The molecule has 0 aromatic heterocycles. The summed E-state index contributed by atoms with van der Waals surface area (Å²) in [7, 11) is 0. The maximum atomic E-state index is 12.3. The van der Waals surface area contributed by atoms with Gasteiger partial charge in [-0.15, -0.1) is 0 Å². The Hall–Kier alpha value is -2.79. The molecular weight excluding hydrogens is 330 g/mol. The van der Waals surface area contributed by atoms with Crippen LogP contribution in [-0.2, 0) is 14.3 Å². The molecule has 0 aliphatic carbocycles. The molecule has 1 atom stereocenters. The summed E-state index contributed by atoms with van der Waals surface area (Å²) < 4.78 is 10.4. The second-order valence-corrected chi connectivity index (χ2v) is 5.55. The van der Waals surface area contributed by atoms with Gasteiger partial charge >= 0.3 is 11.9 Å². The number of anilines is 1. The minimum Gasteiger partial charge on any atom is -0.415 e. The van der Waals surface area contributed by atoms with Gasteiger partial charge in [0, 0.05) is 5.69 Å². The molecule has 1 aliphatic heterocycles. The predicted molar refractivity (Wildman–Crippen MR) is 89.4 cm³/mol. The molecule has 0 fully saturated rings. The Bertz CT molecular complexity index is 817. The summed E-state index contributed by atoms with van der Waals surface area (Å²) in [5.74, 6) is -1.33. The van der Waals surface area contributed by atoms with Crippen molar-refractivity contribution in [1.29, 1.82) is 0 Å². The van der Waals surface area contributed by atoms with Crippen molar-refractivity contribution in [2.24, 2.45) is 0 Å². The SMILES string of the molecule is Cc1ccccc1C(=O)O[C@H]1OC(=O)C(Cl)=C1Nc1ccccc1. The lowest BCUT2D eigenvalue weighted by Gasteiger charge is -2.16. The summed E-state index contributed by atoms with van der Waals surface area (Å²) in [5, 5.41) is 2.83. The number of nitrogens with one attached hydrogen (secondary N) is 1. The van der Waals surface area contributed by atoms with Gasteiger partial charge < -0.3 is 14.8 Å². The summed E-state index contributed by atoms with van der Waals surface area (Å²) in [4.78, 5) is 24.1. The summed E-state index contributed by atoms with van der Waals surface area (Å²) in [6.07, 6.45) is -1.21. The number of halogens is 1. The Morgan fingerprint density at radius 1 is 1.12 bits per heavy atom. The molecule has 0 saturated heterocycles. The van der Waals surface area contributed by atoms with Gasteiger partial charge in [-0.05, 0) is 30.7 Å². The third-order valence-electron chi connectivity index (χ3n) is 3.50. The van der Waals surface area contributed by atoms with E-state index in [9.17, 15) is 9.59 Å². The highest BCUT2D eigenvalue weighted by atomic mass is 35.5. The van der Waals surface area contributed by atoms with E-state index in [4.69, 9.17) is 21.1 Å². The van der Waals surface area contributed by atoms with E-state index < -0.39 is 18.2 Å². The second kappa shape index (κ2) is 6.76. The van der Waals surface area contributed by atoms with Crippen LogP contribution in [0.25, 0.3) is 0 Å². The van der Waals surface area contributed by atoms with Crippen LogP contribution in [0.4, 0.5) is 5.69 Å². The van der Waals surface area contributed by atoms with Crippen LogP contribution in [-0.4, -0.2) is 18.2 Å². The fourth-order valence-corrected chi connectivity index (χ4v) is 2.44. The lowest BCUT2D eigenvalue weighted by molar-refractivity contribution is -0.152. The molecule has 3 rings (SSSR count). The molecular formula is C18H14ClNO4. The first-order valence-electron chi connectivity index (χ1n) is 7.25. The first-order chi connectivity index (χ1) is 11.6.